The number of hydrogen-bond acceptors (Lipinski definition) is 13. The van der Waals surface area contributed by atoms with Crippen molar-refractivity contribution in [1.29, 1.82) is 0 Å². The third kappa shape index (κ3) is 17.3. The van der Waals surface area contributed by atoms with Gasteiger partial charge in [-0.05, 0) is 41.5 Å². The van der Waals surface area contributed by atoms with Gasteiger partial charge in [-0.15, -0.1) is 23.5 Å². The van der Waals surface area contributed by atoms with Crippen molar-refractivity contribution in [3.63, 3.8) is 0 Å². The molecule has 3 atom stereocenters. The number of esters is 2. The lowest BCUT2D eigenvalue weighted by molar-refractivity contribution is -0.159. The average molecular weight is 623 g/mol. The van der Waals surface area contributed by atoms with Crippen LogP contribution >= 0.6 is 23.5 Å². The van der Waals surface area contributed by atoms with E-state index in [-0.39, 0.29) is 36.0 Å². The van der Waals surface area contributed by atoms with Crippen LogP contribution in [0.5, 0.6) is 0 Å². The second-order valence-corrected chi connectivity index (χ2v) is 13.0. The largest absolute Gasteiger partial charge is 0.467 e. The van der Waals surface area contributed by atoms with Gasteiger partial charge in [-0.25, -0.2) is 9.59 Å². The number of aldehydes is 1. The van der Waals surface area contributed by atoms with Gasteiger partial charge in [-0.3, -0.25) is 9.59 Å². The molecule has 0 bridgehead atoms. The summed E-state index contributed by atoms with van der Waals surface area (Å²) in [5.74, 6) is -2.12. The zero-order valence-electron chi connectivity index (χ0n) is 25.4. The molecule has 0 aromatic carbocycles. The van der Waals surface area contributed by atoms with Crippen LogP contribution in [0.1, 0.15) is 41.5 Å². The van der Waals surface area contributed by atoms with Gasteiger partial charge in [0.05, 0.1) is 24.0 Å². The number of thioether (sulfide) groups is 2. The molecule has 2 amide bonds. The Bertz CT molecular complexity index is 918. The molecule has 0 aliphatic carbocycles. The number of nitrogens with two attached hydrogens (primary N) is 1. The fourth-order valence-corrected chi connectivity index (χ4v) is 5.16. The molecule has 13 nitrogen and oxygen atoms in total. The molecular formula is C26H46N4O9S2. The van der Waals surface area contributed by atoms with E-state index in [9.17, 15) is 24.0 Å². The molecule has 1 aliphatic rings. The van der Waals surface area contributed by atoms with Gasteiger partial charge in [0.25, 0.3) is 5.91 Å². The van der Waals surface area contributed by atoms with E-state index in [0.717, 1.165) is 11.8 Å². The molecule has 0 saturated heterocycles. The first-order chi connectivity index (χ1) is 19.0. The summed E-state index contributed by atoms with van der Waals surface area (Å²) in [4.78, 5) is 62.4. The molecule has 0 fully saturated rings. The van der Waals surface area contributed by atoms with Crippen molar-refractivity contribution in [2.45, 2.75) is 64.8 Å². The van der Waals surface area contributed by atoms with E-state index in [4.69, 9.17) is 19.9 Å². The van der Waals surface area contributed by atoms with Gasteiger partial charge < -0.3 is 45.4 Å². The molecule has 0 aromatic rings. The van der Waals surface area contributed by atoms with Crippen molar-refractivity contribution in [3.8, 4) is 0 Å². The molecule has 3 unspecified atom stereocenters. The van der Waals surface area contributed by atoms with Gasteiger partial charge >= 0.3 is 18.0 Å². The second kappa shape index (κ2) is 19.0. The summed E-state index contributed by atoms with van der Waals surface area (Å²) in [5, 5.41) is 8.41. The third-order valence-electron chi connectivity index (χ3n) is 4.58. The first-order valence-electron chi connectivity index (χ1n) is 12.9. The molecule has 41 heavy (non-hydrogen) atoms. The number of nitrogens with one attached hydrogen (secondary N) is 3. The van der Waals surface area contributed by atoms with Crippen LogP contribution in [0.4, 0.5) is 4.79 Å². The Hall–Kier alpha value is -2.33. The van der Waals surface area contributed by atoms with Crippen molar-refractivity contribution in [1.82, 2.24) is 16.0 Å². The van der Waals surface area contributed by atoms with Gasteiger partial charge in [0.1, 0.15) is 23.5 Å². The zero-order valence-corrected chi connectivity index (χ0v) is 27.0. The maximum Gasteiger partial charge on any atom is 0.408 e. The van der Waals surface area contributed by atoms with Crippen LogP contribution in [0.25, 0.3) is 0 Å². The van der Waals surface area contributed by atoms with E-state index in [1.807, 2.05) is 0 Å². The first-order valence-corrected chi connectivity index (χ1v) is 14.8. The van der Waals surface area contributed by atoms with Crippen LogP contribution in [-0.4, -0.2) is 106 Å². The van der Waals surface area contributed by atoms with E-state index in [2.05, 4.69) is 20.7 Å². The minimum atomic E-state index is -1.11. The third-order valence-corrected chi connectivity index (χ3v) is 7.18. The van der Waals surface area contributed by atoms with Gasteiger partial charge in [-0.1, -0.05) is 0 Å². The molecule has 0 spiro atoms. The summed E-state index contributed by atoms with van der Waals surface area (Å²) in [6.45, 7) is 10.8. The molecule has 0 aromatic heterocycles. The van der Waals surface area contributed by atoms with Crippen LogP contribution in [0, 0.1) is 5.92 Å². The van der Waals surface area contributed by atoms with Crippen molar-refractivity contribution in [2.75, 3.05) is 52.5 Å². The zero-order chi connectivity index (χ0) is 31.8. The van der Waals surface area contributed by atoms with Crippen LogP contribution in [0.2, 0.25) is 0 Å². The monoisotopic (exact) mass is 622 g/mol. The van der Waals surface area contributed by atoms with Gasteiger partial charge in [-0.2, -0.15) is 0 Å². The Morgan fingerprint density at radius 1 is 1.02 bits per heavy atom. The molecule has 0 radical (unpaired) electrons. The predicted molar refractivity (Wildman–Crippen MR) is 159 cm³/mol. The molecule has 5 N–H and O–H groups in total. The lowest BCUT2D eigenvalue weighted by atomic mass is 10.1. The number of rotatable bonds is 10. The number of hydrogen-bond donors (Lipinski definition) is 4. The topological polar surface area (TPSA) is 184 Å². The molecule has 236 valence electrons. The quantitative estimate of drug-likeness (QED) is 0.155. The van der Waals surface area contributed by atoms with Gasteiger partial charge in [0.15, 0.2) is 0 Å². The minimum Gasteiger partial charge on any atom is -0.467 e. The minimum absolute atomic E-state index is 0.0210. The van der Waals surface area contributed by atoms with E-state index in [0.29, 0.717) is 11.2 Å². The van der Waals surface area contributed by atoms with Crippen LogP contribution in [-0.2, 0) is 38.1 Å². The van der Waals surface area contributed by atoms with E-state index < -0.39 is 53.1 Å². The number of amides is 2. The molecule has 0 saturated carbocycles. The smallest absolute Gasteiger partial charge is 0.408 e. The maximum absolute atomic E-state index is 13.2. The normalized spacial score (nSPS) is 19.5. The number of carbonyl (C=O) groups excluding carboxylic acids is 5. The highest BCUT2D eigenvalue weighted by Crippen LogP contribution is 2.30. The molecule has 1 aliphatic heterocycles. The maximum atomic E-state index is 13.2. The van der Waals surface area contributed by atoms with Crippen LogP contribution < -0.4 is 21.7 Å². The van der Waals surface area contributed by atoms with Crippen molar-refractivity contribution < 1.29 is 42.9 Å². The summed E-state index contributed by atoms with van der Waals surface area (Å²) < 4.78 is 19.8. The van der Waals surface area contributed by atoms with Crippen LogP contribution in [0.15, 0.2) is 9.81 Å². The average Bonchev–Trinajstić information content (AvgIpc) is 2.92. The number of alkyl carbamates (subject to hydrolysis) is 1. The summed E-state index contributed by atoms with van der Waals surface area (Å²) in [6.07, 6.45) is -0.200. The molecule has 15 heteroatoms. The highest BCUT2D eigenvalue weighted by molar-refractivity contribution is 8.07. The highest BCUT2D eigenvalue weighted by atomic mass is 32.2. The number of methoxy groups -OCH3 is 2. The van der Waals surface area contributed by atoms with E-state index in [1.165, 1.54) is 18.9 Å². The summed E-state index contributed by atoms with van der Waals surface area (Å²) in [6, 6.07) is -1.86. The Morgan fingerprint density at radius 3 is 2.12 bits per heavy atom. The number of carbonyl (C=O) groups is 5. The van der Waals surface area contributed by atoms with Gasteiger partial charge in [0.2, 0.25) is 0 Å². The summed E-state index contributed by atoms with van der Waals surface area (Å²) in [5.41, 5.74) is 4.29. The van der Waals surface area contributed by atoms with Crippen molar-refractivity contribution in [2.24, 2.45) is 11.7 Å². The SMILES string of the molecule is COC.COC(=O)C(CS/C1=C(\SCC(N)C=O)CNCC(C(=O)OC(C)(C)C)CNC1=O)NC(=O)OC(C)(C)C. The lowest BCUT2D eigenvalue weighted by Crippen LogP contribution is -2.45. The predicted octanol–water partition coefficient (Wildman–Crippen LogP) is 1.20. The Balaban J connectivity index is 0.00000509. The lowest BCUT2D eigenvalue weighted by Gasteiger charge is -2.24. The summed E-state index contributed by atoms with van der Waals surface area (Å²) >= 11 is 2.24. The Morgan fingerprint density at radius 2 is 1.61 bits per heavy atom. The standard InChI is InChI=1S/C24H40N4O8S2.C2H6O/c1-23(2,3)35-20(31)14-8-26-10-17(37-12-15(25)11-29)18(19(30)27-9-14)38-13-16(21(32)34-7)28-22(33)36-24(4,5)6;1-3-2/h11,14-16,26H,8-10,12-13,25H2,1-7H3,(H,27,30)(H,28,33);1-2H3/b18-17-;. The Kier molecular flexibility index (Phi) is 17.9. The molecular weight excluding hydrogens is 576 g/mol. The van der Waals surface area contributed by atoms with Crippen molar-refractivity contribution in [3.05, 3.63) is 9.81 Å². The first kappa shape index (κ1) is 38.7. The van der Waals surface area contributed by atoms with Crippen molar-refractivity contribution >= 4 is 53.7 Å². The van der Waals surface area contributed by atoms with Gasteiger partial charge in [0, 0.05) is 50.3 Å². The molecule has 1 rings (SSSR count). The fraction of sp³-hybridized carbons (Fsp3) is 0.731. The summed E-state index contributed by atoms with van der Waals surface area (Å²) in [7, 11) is 4.44. The molecule has 1 heterocycles. The van der Waals surface area contributed by atoms with E-state index >= 15 is 0 Å². The second-order valence-electron chi connectivity index (χ2n) is 10.9. The Labute approximate surface area is 251 Å². The van der Waals surface area contributed by atoms with Crippen LogP contribution in [0.3, 0.4) is 0 Å². The number of ether oxygens (including phenoxy) is 4. The highest BCUT2D eigenvalue weighted by Gasteiger charge is 2.30. The fourth-order valence-electron chi connectivity index (χ4n) is 2.91. The van der Waals surface area contributed by atoms with E-state index in [1.54, 1.807) is 55.8 Å².